The van der Waals surface area contributed by atoms with E-state index in [2.05, 4.69) is 4.98 Å². The van der Waals surface area contributed by atoms with Crippen molar-refractivity contribution in [3.05, 3.63) is 74.5 Å². The monoisotopic (exact) mass is 514 g/mol. The number of hydrogen-bond donors (Lipinski definition) is 0. The second-order valence-corrected chi connectivity index (χ2v) is 9.16. The number of amides is 1. The van der Waals surface area contributed by atoms with Gasteiger partial charge in [-0.25, -0.2) is 14.2 Å². The Morgan fingerprint density at radius 3 is 2.42 bits per heavy atom. The van der Waals surface area contributed by atoms with Crippen LogP contribution >= 0.6 is 11.3 Å². The van der Waals surface area contributed by atoms with Crippen molar-refractivity contribution in [3.63, 3.8) is 0 Å². The summed E-state index contributed by atoms with van der Waals surface area (Å²) in [6.45, 7) is 6.26. The Morgan fingerprint density at radius 1 is 1.11 bits per heavy atom. The van der Waals surface area contributed by atoms with E-state index in [9.17, 15) is 14.0 Å². The molecule has 0 spiro atoms. The summed E-state index contributed by atoms with van der Waals surface area (Å²) < 4.78 is 30.2. The van der Waals surface area contributed by atoms with Gasteiger partial charge in [-0.05, 0) is 62.9 Å². The highest BCUT2D eigenvalue weighted by molar-refractivity contribution is 7.09. The molecule has 0 atom stereocenters. The SMILES string of the molecule is CCOC(=O)c1csc(CN(CCCc2c(C)cccc2F)C(=O)c2cc(OC)c(C)c(OC)c2)n1. The largest absolute Gasteiger partial charge is 0.496 e. The van der Waals surface area contributed by atoms with E-state index in [1.807, 2.05) is 19.9 Å². The molecule has 0 radical (unpaired) electrons. The molecule has 0 saturated heterocycles. The van der Waals surface area contributed by atoms with E-state index < -0.39 is 5.97 Å². The van der Waals surface area contributed by atoms with Crippen molar-refractivity contribution in [2.45, 2.75) is 40.2 Å². The summed E-state index contributed by atoms with van der Waals surface area (Å²) in [5, 5.41) is 2.22. The second-order valence-electron chi connectivity index (χ2n) is 8.22. The maximum absolute atomic E-state index is 14.3. The van der Waals surface area contributed by atoms with Crippen LogP contribution in [0, 0.1) is 19.7 Å². The van der Waals surface area contributed by atoms with E-state index in [4.69, 9.17) is 14.2 Å². The van der Waals surface area contributed by atoms with Crippen LogP contribution in [0.1, 0.15) is 55.9 Å². The van der Waals surface area contributed by atoms with Gasteiger partial charge in [0.15, 0.2) is 5.69 Å². The van der Waals surface area contributed by atoms with Gasteiger partial charge < -0.3 is 19.1 Å². The normalized spacial score (nSPS) is 10.7. The molecule has 0 unspecified atom stereocenters. The van der Waals surface area contributed by atoms with Crippen molar-refractivity contribution >= 4 is 23.2 Å². The van der Waals surface area contributed by atoms with Crippen molar-refractivity contribution < 1.29 is 28.2 Å². The molecule has 0 N–H and O–H groups in total. The standard InChI is InChI=1S/C27H31FN2O5S/c1-6-35-27(32)22-16-36-25(29-22)15-30(12-8-10-20-17(2)9-7-11-21(20)28)26(31)19-13-23(33-4)18(3)24(14-19)34-5/h7,9,11,13-14,16H,6,8,10,12,15H2,1-5H3. The molecule has 3 rings (SSSR count). The Kier molecular flexibility index (Phi) is 9.41. The van der Waals surface area contributed by atoms with Crippen LogP contribution in [-0.4, -0.2) is 49.1 Å². The Labute approximate surface area is 214 Å². The summed E-state index contributed by atoms with van der Waals surface area (Å²) >= 11 is 1.28. The topological polar surface area (TPSA) is 78.0 Å². The first-order valence-electron chi connectivity index (χ1n) is 11.7. The third kappa shape index (κ3) is 6.40. The molecule has 3 aromatic rings. The van der Waals surface area contributed by atoms with Gasteiger partial charge in [-0.3, -0.25) is 4.79 Å². The zero-order chi connectivity index (χ0) is 26.2. The van der Waals surface area contributed by atoms with Crippen LogP contribution in [0.15, 0.2) is 35.7 Å². The minimum Gasteiger partial charge on any atom is -0.496 e. The Bertz CT molecular complexity index is 1180. The molecule has 2 aromatic carbocycles. The Balaban J connectivity index is 1.86. The zero-order valence-electron chi connectivity index (χ0n) is 21.2. The molecular weight excluding hydrogens is 483 g/mol. The highest BCUT2D eigenvalue weighted by atomic mass is 32.1. The van der Waals surface area contributed by atoms with Gasteiger partial charge in [0.25, 0.3) is 5.91 Å². The van der Waals surface area contributed by atoms with Crippen LogP contribution in [0.4, 0.5) is 4.39 Å². The first kappa shape index (κ1) is 27.1. The number of rotatable bonds is 11. The number of aryl methyl sites for hydroxylation is 1. The number of carbonyl (C=O) groups is 2. The van der Waals surface area contributed by atoms with Gasteiger partial charge in [-0.1, -0.05) is 12.1 Å². The highest BCUT2D eigenvalue weighted by Crippen LogP contribution is 2.30. The van der Waals surface area contributed by atoms with Crippen molar-refractivity contribution in [1.29, 1.82) is 0 Å². The number of benzene rings is 2. The van der Waals surface area contributed by atoms with Crippen LogP contribution in [-0.2, 0) is 17.7 Å². The summed E-state index contributed by atoms with van der Waals surface area (Å²) in [5.41, 5.74) is 2.92. The molecular formula is C27H31FN2O5S. The molecule has 0 aliphatic rings. The molecule has 1 heterocycles. The third-order valence-corrected chi connectivity index (χ3v) is 6.69. The van der Waals surface area contributed by atoms with E-state index in [1.54, 1.807) is 35.4 Å². The predicted molar refractivity (Wildman–Crippen MR) is 137 cm³/mol. The van der Waals surface area contributed by atoms with Crippen molar-refractivity contribution in [3.8, 4) is 11.5 Å². The molecule has 0 aliphatic carbocycles. The second kappa shape index (κ2) is 12.5. The molecule has 1 aromatic heterocycles. The number of esters is 1. The predicted octanol–water partition coefficient (Wildman–Crippen LogP) is 5.37. The average Bonchev–Trinajstić information content (AvgIpc) is 3.34. The summed E-state index contributed by atoms with van der Waals surface area (Å²) in [7, 11) is 3.08. The van der Waals surface area contributed by atoms with Crippen molar-refractivity contribution in [2.75, 3.05) is 27.4 Å². The van der Waals surface area contributed by atoms with Gasteiger partial charge >= 0.3 is 5.97 Å². The number of methoxy groups -OCH3 is 2. The quantitative estimate of drug-likeness (QED) is 0.320. The summed E-state index contributed by atoms with van der Waals surface area (Å²) in [5.74, 6) is 0.0856. The molecule has 192 valence electrons. The van der Waals surface area contributed by atoms with Gasteiger partial charge in [0.2, 0.25) is 0 Å². The van der Waals surface area contributed by atoms with E-state index in [0.717, 1.165) is 11.1 Å². The third-order valence-electron chi connectivity index (χ3n) is 5.86. The van der Waals surface area contributed by atoms with E-state index in [1.165, 1.54) is 31.6 Å². The molecule has 0 saturated carbocycles. The number of thiazole rings is 1. The number of nitrogens with zero attached hydrogens (tertiary/aromatic N) is 2. The number of carbonyl (C=O) groups excluding carboxylic acids is 2. The van der Waals surface area contributed by atoms with E-state index >= 15 is 0 Å². The van der Waals surface area contributed by atoms with Crippen LogP contribution < -0.4 is 9.47 Å². The number of ether oxygens (including phenoxy) is 3. The maximum Gasteiger partial charge on any atom is 0.357 e. The molecule has 36 heavy (non-hydrogen) atoms. The van der Waals surface area contributed by atoms with Gasteiger partial charge in [0, 0.05) is 23.1 Å². The van der Waals surface area contributed by atoms with E-state index in [0.29, 0.717) is 47.0 Å². The molecule has 0 bridgehead atoms. The lowest BCUT2D eigenvalue weighted by atomic mass is 10.0. The maximum atomic E-state index is 14.3. The molecule has 9 heteroatoms. The zero-order valence-corrected chi connectivity index (χ0v) is 22.0. The fourth-order valence-electron chi connectivity index (χ4n) is 3.92. The molecule has 7 nitrogen and oxygen atoms in total. The Morgan fingerprint density at radius 2 is 1.81 bits per heavy atom. The van der Waals surface area contributed by atoms with E-state index in [-0.39, 0.29) is 30.6 Å². The summed E-state index contributed by atoms with van der Waals surface area (Å²) in [4.78, 5) is 31.7. The highest BCUT2D eigenvalue weighted by Gasteiger charge is 2.22. The smallest absolute Gasteiger partial charge is 0.357 e. The molecule has 0 fully saturated rings. The first-order chi connectivity index (χ1) is 17.3. The van der Waals surface area contributed by atoms with Gasteiger partial charge in [0.05, 0.1) is 27.4 Å². The van der Waals surface area contributed by atoms with Crippen LogP contribution in [0.5, 0.6) is 11.5 Å². The summed E-state index contributed by atoms with van der Waals surface area (Å²) in [6.07, 6.45) is 1.03. The number of hydrogen-bond acceptors (Lipinski definition) is 7. The van der Waals surface area contributed by atoms with Crippen LogP contribution in [0.2, 0.25) is 0 Å². The van der Waals surface area contributed by atoms with Gasteiger partial charge in [-0.15, -0.1) is 11.3 Å². The number of aromatic nitrogens is 1. The molecule has 0 aliphatic heterocycles. The molecule has 1 amide bonds. The lowest BCUT2D eigenvalue weighted by Crippen LogP contribution is -2.32. The average molecular weight is 515 g/mol. The minimum absolute atomic E-state index is 0.192. The Hall–Kier alpha value is -3.46. The fourth-order valence-corrected chi connectivity index (χ4v) is 4.70. The lowest BCUT2D eigenvalue weighted by molar-refractivity contribution is 0.0520. The van der Waals surface area contributed by atoms with Crippen molar-refractivity contribution in [2.24, 2.45) is 0 Å². The van der Waals surface area contributed by atoms with Crippen LogP contribution in [0.25, 0.3) is 0 Å². The van der Waals surface area contributed by atoms with Gasteiger partial charge in [0.1, 0.15) is 22.3 Å². The lowest BCUT2D eigenvalue weighted by Gasteiger charge is -2.23. The van der Waals surface area contributed by atoms with Crippen molar-refractivity contribution in [1.82, 2.24) is 9.88 Å². The minimum atomic E-state index is -0.499. The fraction of sp³-hybridized carbons (Fsp3) is 0.370. The van der Waals surface area contributed by atoms with Gasteiger partial charge in [-0.2, -0.15) is 0 Å². The number of halogens is 1. The van der Waals surface area contributed by atoms with Crippen LogP contribution in [0.3, 0.4) is 0 Å². The summed E-state index contributed by atoms with van der Waals surface area (Å²) in [6, 6.07) is 8.37. The first-order valence-corrected chi connectivity index (χ1v) is 12.5.